The topological polar surface area (TPSA) is 32.5 Å². The van der Waals surface area contributed by atoms with E-state index >= 15 is 0 Å². The largest absolute Gasteiger partial charge is 0.444 e. The van der Waals surface area contributed by atoms with Crippen LogP contribution in [0.1, 0.15) is 29.3 Å². The van der Waals surface area contributed by atoms with Gasteiger partial charge in [-0.3, -0.25) is 4.90 Å². The molecule has 1 saturated heterocycles. The molecule has 3 rings (SSSR count). The van der Waals surface area contributed by atoms with Gasteiger partial charge in [-0.2, -0.15) is 0 Å². The number of nitrogens with zero attached hydrogens (tertiary/aromatic N) is 3. The van der Waals surface area contributed by atoms with E-state index in [4.69, 9.17) is 4.42 Å². The van der Waals surface area contributed by atoms with Crippen molar-refractivity contribution in [2.45, 2.75) is 39.4 Å². The lowest BCUT2D eigenvalue weighted by Gasteiger charge is -2.27. The Morgan fingerprint density at radius 3 is 2.62 bits per heavy atom. The lowest BCUT2D eigenvalue weighted by atomic mass is 10.1. The van der Waals surface area contributed by atoms with E-state index in [1.54, 1.807) is 6.07 Å². The maximum Gasteiger partial charge on any atom is 0.208 e. The van der Waals surface area contributed by atoms with Gasteiger partial charge in [0.05, 0.1) is 12.2 Å². The zero-order valence-electron chi connectivity index (χ0n) is 14.4. The third-order valence-electron chi connectivity index (χ3n) is 4.66. The Bertz CT molecular complexity index is 697. The summed E-state index contributed by atoms with van der Waals surface area (Å²) in [6.07, 6.45) is 1.04. The molecule has 0 N–H and O–H groups in total. The molecule has 1 fully saturated rings. The highest BCUT2D eigenvalue weighted by Crippen LogP contribution is 2.21. The molecule has 1 aliphatic heterocycles. The third-order valence-corrected chi connectivity index (χ3v) is 4.66. The summed E-state index contributed by atoms with van der Waals surface area (Å²) in [5.41, 5.74) is 1.64. The zero-order valence-corrected chi connectivity index (χ0v) is 14.4. The number of likely N-dealkylation sites (N-methyl/N-ethyl adjacent to an activating group) is 1. The van der Waals surface area contributed by atoms with E-state index in [0.717, 1.165) is 36.5 Å². The molecule has 0 aliphatic carbocycles. The number of rotatable bonds is 5. The first-order valence-corrected chi connectivity index (χ1v) is 8.22. The predicted octanol–water partition coefficient (Wildman–Crippen LogP) is 3.28. The fraction of sp³-hybridized carbons (Fsp3) is 0.500. The summed E-state index contributed by atoms with van der Waals surface area (Å²) >= 11 is 0. The number of benzene rings is 1. The summed E-state index contributed by atoms with van der Waals surface area (Å²) in [5, 5.41) is 0. The summed E-state index contributed by atoms with van der Waals surface area (Å²) in [4.78, 5) is 8.97. The number of aryl methyl sites for hydroxylation is 2. The highest BCUT2D eigenvalue weighted by Gasteiger charge is 2.27. The maximum atomic E-state index is 13.5. The number of aromatic nitrogens is 1. The van der Waals surface area contributed by atoms with Crippen LogP contribution in [0.2, 0.25) is 0 Å². The first kappa shape index (κ1) is 17.0. The second kappa shape index (κ2) is 6.99. The van der Waals surface area contributed by atoms with Crippen molar-refractivity contribution in [3.8, 4) is 0 Å². The highest BCUT2D eigenvalue weighted by atomic mass is 19.2. The molecule has 1 aromatic heterocycles. The Labute approximate surface area is 141 Å². The van der Waals surface area contributed by atoms with Gasteiger partial charge in [0.25, 0.3) is 0 Å². The molecular weight excluding hydrogens is 312 g/mol. The molecule has 0 spiro atoms. The lowest BCUT2D eigenvalue weighted by molar-refractivity contribution is 0.163. The molecule has 0 amide bonds. The van der Waals surface area contributed by atoms with E-state index in [1.807, 2.05) is 13.8 Å². The summed E-state index contributed by atoms with van der Waals surface area (Å²) < 4.78 is 32.4. The fourth-order valence-corrected chi connectivity index (χ4v) is 3.18. The minimum Gasteiger partial charge on any atom is -0.444 e. The van der Waals surface area contributed by atoms with Crippen molar-refractivity contribution in [2.24, 2.45) is 0 Å². The van der Waals surface area contributed by atoms with Crippen molar-refractivity contribution in [3.63, 3.8) is 0 Å². The van der Waals surface area contributed by atoms with Gasteiger partial charge in [-0.15, -0.1) is 0 Å². The number of halogens is 2. The quantitative estimate of drug-likeness (QED) is 0.839. The fourth-order valence-electron chi connectivity index (χ4n) is 3.18. The van der Waals surface area contributed by atoms with E-state index in [2.05, 4.69) is 21.8 Å². The Balaban J connectivity index is 1.79. The van der Waals surface area contributed by atoms with Crippen molar-refractivity contribution in [1.29, 1.82) is 0 Å². The number of hydrogen-bond acceptors (Lipinski definition) is 4. The SMILES string of the molecule is Cc1nc(CN(Cc2ccc(F)c(F)c2)[C@H]2CCN(C)C2)oc1C. The molecule has 1 atom stereocenters. The number of hydrogen-bond donors (Lipinski definition) is 0. The van der Waals surface area contributed by atoms with E-state index in [0.29, 0.717) is 25.0 Å². The van der Waals surface area contributed by atoms with Gasteiger partial charge >= 0.3 is 0 Å². The van der Waals surface area contributed by atoms with Gasteiger partial charge in [-0.1, -0.05) is 6.07 Å². The van der Waals surface area contributed by atoms with Gasteiger partial charge < -0.3 is 9.32 Å². The smallest absolute Gasteiger partial charge is 0.208 e. The Morgan fingerprint density at radius 1 is 1.25 bits per heavy atom. The van der Waals surface area contributed by atoms with Crippen LogP contribution in [0.3, 0.4) is 0 Å². The van der Waals surface area contributed by atoms with Gasteiger partial charge in [0.2, 0.25) is 5.89 Å². The van der Waals surface area contributed by atoms with Crippen LogP contribution in [-0.2, 0) is 13.1 Å². The third kappa shape index (κ3) is 3.82. The van der Waals surface area contributed by atoms with Gasteiger partial charge in [0.1, 0.15) is 5.76 Å². The molecule has 0 radical (unpaired) electrons. The summed E-state index contributed by atoms with van der Waals surface area (Å²) in [7, 11) is 2.09. The Morgan fingerprint density at radius 2 is 2.04 bits per heavy atom. The normalized spacial score (nSPS) is 18.7. The van der Waals surface area contributed by atoms with Crippen LogP contribution in [-0.4, -0.2) is 41.0 Å². The molecule has 4 nitrogen and oxygen atoms in total. The summed E-state index contributed by atoms with van der Waals surface area (Å²) in [5.74, 6) is -0.132. The maximum absolute atomic E-state index is 13.5. The van der Waals surface area contributed by atoms with Gasteiger partial charge in [0, 0.05) is 19.1 Å². The van der Waals surface area contributed by atoms with E-state index in [-0.39, 0.29) is 0 Å². The van der Waals surface area contributed by atoms with E-state index in [1.165, 1.54) is 12.1 Å². The number of oxazole rings is 1. The van der Waals surface area contributed by atoms with E-state index in [9.17, 15) is 8.78 Å². The van der Waals surface area contributed by atoms with Crippen LogP contribution in [0, 0.1) is 25.5 Å². The molecule has 130 valence electrons. The Kier molecular flexibility index (Phi) is 4.96. The predicted molar refractivity (Wildman–Crippen MR) is 87.5 cm³/mol. The molecule has 0 bridgehead atoms. The van der Waals surface area contributed by atoms with Crippen molar-refractivity contribution >= 4 is 0 Å². The first-order valence-electron chi connectivity index (χ1n) is 8.22. The molecular formula is C18H23F2N3O. The van der Waals surface area contributed by atoms with Crippen molar-refractivity contribution in [1.82, 2.24) is 14.8 Å². The second-order valence-corrected chi connectivity index (χ2v) is 6.61. The van der Waals surface area contributed by atoms with Crippen molar-refractivity contribution in [3.05, 3.63) is 52.7 Å². The Hall–Kier alpha value is -1.79. The van der Waals surface area contributed by atoms with Gasteiger partial charge in [-0.25, -0.2) is 13.8 Å². The molecule has 6 heteroatoms. The van der Waals surface area contributed by atoms with Gasteiger partial charge in [-0.05, 0) is 51.6 Å². The van der Waals surface area contributed by atoms with Crippen molar-refractivity contribution < 1.29 is 13.2 Å². The lowest BCUT2D eigenvalue weighted by Crippen LogP contribution is -2.36. The molecule has 0 saturated carbocycles. The van der Waals surface area contributed by atoms with Crippen LogP contribution in [0.5, 0.6) is 0 Å². The number of likely N-dealkylation sites (tertiary alicyclic amines) is 1. The molecule has 2 aromatic rings. The van der Waals surface area contributed by atoms with E-state index < -0.39 is 11.6 Å². The molecule has 0 unspecified atom stereocenters. The average molecular weight is 335 g/mol. The first-order chi connectivity index (χ1) is 11.4. The van der Waals surface area contributed by atoms with Gasteiger partial charge in [0.15, 0.2) is 11.6 Å². The van der Waals surface area contributed by atoms with Crippen LogP contribution >= 0.6 is 0 Å². The molecule has 24 heavy (non-hydrogen) atoms. The molecule has 1 aromatic carbocycles. The highest BCUT2D eigenvalue weighted by molar-refractivity contribution is 5.18. The van der Waals surface area contributed by atoms with Crippen LogP contribution < -0.4 is 0 Å². The zero-order chi connectivity index (χ0) is 17.3. The van der Waals surface area contributed by atoms with Crippen LogP contribution in [0.4, 0.5) is 8.78 Å². The second-order valence-electron chi connectivity index (χ2n) is 6.61. The minimum atomic E-state index is -0.815. The van der Waals surface area contributed by atoms with Crippen molar-refractivity contribution in [2.75, 3.05) is 20.1 Å². The summed E-state index contributed by atoms with van der Waals surface area (Å²) in [6, 6.07) is 4.43. The van der Waals surface area contributed by atoms with Crippen LogP contribution in [0.25, 0.3) is 0 Å². The average Bonchev–Trinajstić information content (AvgIpc) is 3.09. The standard InChI is InChI=1S/C18H23F2N3O/c1-12-13(2)24-18(21-12)11-23(15-6-7-22(3)10-15)9-14-4-5-16(19)17(20)8-14/h4-5,8,15H,6-7,9-11H2,1-3H3/t15-/m0/s1. The van der Waals surface area contributed by atoms with Crippen LogP contribution in [0.15, 0.2) is 22.6 Å². The molecule has 1 aliphatic rings. The minimum absolute atomic E-state index is 0.343. The summed E-state index contributed by atoms with van der Waals surface area (Å²) in [6.45, 7) is 6.90. The monoisotopic (exact) mass is 335 g/mol. The molecule has 2 heterocycles.